The van der Waals surface area contributed by atoms with Crippen molar-refractivity contribution in [2.45, 2.75) is 6.18 Å². The minimum atomic E-state index is -4.42. The highest BCUT2D eigenvalue weighted by Crippen LogP contribution is 2.28. The van der Waals surface area contributed by atoms with Crippen LogP contribution < -0.4 is 5.43 Å². The van der Waals surface area contributed by atoms with E-state index >= 15 is 0 Å². The lowest BCUT2D eigenvalue weighted by molar-refractivity contribution is -0.137. The number of amides is 1. The molecule has 0 aliphatic carbocycles. The predicted octanol–water partition coefficient (Wildman–Crippen LogP) is 2.88. The number of hydrazone groups is 1. The van der Waals surface area contributed by atoms with Crippen LogP contribution in [0.15, 0.2) is 47.6 Å². The Morgan fingerprint density at radius 1 is 1.09 bits per heavy atom. The topological polar surface area (TPSA) is 81.9 Å². The molecule has 2 aromatic rings. The van der Waals surface area contributed by atoms with Gasteiger partial charge in [0.25, 0.3) is 5.91 Å². The van der Waals surface area contributed by atoms with Gasteiger partial charge in [-0.15, -0.1) is 0 Å². The second-order valence-electron chi connectivity index (χ2n) is 4.52. The number of rotatable bonds is 3. The largest absolute Gasteiger partial charge is 0.508 e. The van der Waals surface area contributed by atoms with Crippen molar-refractivity contribution >= 4 is 12.1 Å². The van der Waals surface area contributed by atoms with Gasteiger partial charge in [-0.05, 0) is 29.8 Å². The number of hydrogen-bond donors (Lipinski definition) is 3. The fraction of sp³-hybridized carbons (Fsp3) is 0.0667. The van der Waals surface area contributed by atoms with Crippen LogP contribution in [-0.4, -0.2) is 22.3 Å². The number of halogens is 3. The Hall–Kier alpha value is -3.03. The lowest BCUT2D eigenvalue weighted by atomic mass is 10.1. The second-order valence-corrected chi connectivity index (χ2v) is 4.52. The van der Waals surface area contributed by atoms with Gasteiger partial charge in [0, 0.05) is 6.07 Å². The SMILES string of the molecule is O=C(NN=Cc1ccc(C(F)(F)F)cc1)c1ccc(O)cc1O. The summed E-state index contributed by atoms with van der Waals surface area (Å²) in [5, 5.41) is 22.2. The van der Waals surface area contributed by atoms with Crippen molar-refractivity contribution in [3.05, 3.63) is 59.2 Å². The number of phenolic OH excluding ortho intramolecular Hbond substituents is 2. The summed E-state index contributed by atoms with van der Waals surface area (Å²) in [6.07, 6.45) is -3.25. The van der Waals surface area contributed by atoms with Crippen molar-refractivity contribution in [2.24, 2.45) is 5.10 Å². The summed E-state index contributed by atoms with van der Waals surface area (Å²) in [5.74, 6) is -1.36. The van der Waals surface area contributed by atoms with Crippen LogP contribution in [0.25, 0.3) is 0 Å². The normalized spacial score (nSPS) is 11.6. The number of phenols is 2. The van der Waals surface area contributed by atoms with Crippen LogP contribution in [0.2, 0.25) is 0 Å². The van der Waals surface area contributed by atoms with Crippen molar-refractivity contribution in [1.29, 1.82) is 0 Å². The quantitative estimate of drug-likeness (QED) is 0.600. The van der Waals surface area contributed by atoms with Gasteiger partial charge in [0.15, 0.2) is 0 Å². The molecule has 0 saturated heterocycles. The third-order valence-electron chi connectivity index (χ3n) is 2.84. The van der Waals surface area contributed by atoms with Gasteiger partial charge >= 0.3 is 6.18 Å². The van der Waals surface area contributed by atoms with Crippen LogP contribution >= 0.6 is 0 Å². The Morgan fingerprint density at radius 3 is 2.30 bits per heavy atom. The summed E-state index contributed by atoms with van der Waals surface area (Å²) in [4.78, 5) is 11.7. The van der Waals surface area contributed by atoms with Gasteiger partial charge < -0.3 is 10.2 Å². The Morgan fingerprint density at radius 2 is 1.74 bits per heavy atom. The fourth-order valence-electron chi connectivity index (χ4n) is 1.70. The lowest BCUT2D eigenvalue weighted by Crippen LogP contribution is -2.17. The van der Waals surface area contributed by atoms with E-state index in [1.165, 1.54) is 24.3 Å². The minimum absolute atomic E-state index is 0.104. The van der Waals surface area contributed by atoms with Crippen LogP contribution in [-0.2, 0) is 6.18 Å². The molecule has 0 fully saturated rings. The monoisotopic (exact) mass is 324 g/mol. The highest BCUT2D eigenvalue weighted by atomic mass is 19.4. The van der Waals surface area contributed by atoms with Crippen molar-refractivity contribution in [2.75, 3.05) is 0 Å². The fourth-order valence-corrected chi connectivity index (χ4v) is 1.70. The molecule has 0 radical (unpaired) electrons. The summed E-state index contributed by atoms with van der Waals surface area (Å²) >= 11 is 0. The van der Waals surface area contributed by atoms with E-state index in [-0.39, 0.29) is 11.3 Å². The van der Waals surface area contributed by atoms with Crippen molar-refractivity contribution < 1.29 is 28.2 Å². The van der Waals surface area contributed by atoms with Crippen molar-refractivity contribution in [1.82, 2.24) is 5.43 Å². The molecule has 0 aliphatic rings. The molecule has 0 saturated carbocycles. The average molecular weight is 324 g/mol. The maximum absolute atomic E-state index is 12.4. The molecule has 5 nitrogen and oxygen atoms in total. The molecule has 0 aliphatic heterocycles. The van der Waals surface area contributed by atoms with E-state index in [0.29, 0.717) is 5.56 Å². The first kappa shape index (κ1) is 16.3. The molecule has 0 aromatic heterocycles. The number of alkyl halides is 3. The third-order valence-corrected chi connectivity index (χ3v) is 2.84. The zero-order valence-corrected chi connectivity index (χ0v) is 11.5. The molecular weight excluding hydrogens is 313 g/mol. The molecule has 2 aromatic carbocycles. The van der Waals surface area contributed by atoms with E-state index in [4.69, 9.17) is 5.11 Å². The van der Waals surface area contributed by atoms with E-state index in [0.717, 1.165) is 24.4 Å². The minimum Gasteiger partial charge on any atom is -0.508 e. The van der Waals surface area contributed by atoms with Gasteiger partial charge in [-0.3, -0.25) is 4.79 Å². The second kappa shape index (κ2) is 6.39. The van der Waals surface area contributed by atoms with Crippen molar-refractivity contribution in [3.8, 4) is 11.5 Å². The molecule has 120 valence electrons. The zero-order chi connectivity index (χ0) is 17.0. The number of nitrogens with one attached hydrogen (secondary N) is 1. The Bertz CT molecular complexity index is 741. The smallest absolute Gasteiger partial charge is 0.416 e. The molecule has 1 amide bonds. The Labute approximate surface area is 128 Å². The predicted molar refractivity (Wildman–Crippen MR) is 76.3 cm³/mol. The highest BCUT2D eigenvalue weighted by Gasteiger charge is 2.29. The van der Waals surface area contributed by atoms with Crippen LogP contribution in [0.3, 0.4) is 0 Å². The molecule has 23 heavy (non-hydrogen) atoms. The standard InChI is InChI=1S/C15H11F3N2O3/c16-15(17,18)10-3-1-9(2-4-10)8-19-20-14(23)12-6-5-11(21)7-13(12)22/h1-8,21-22H,(H,20,23). The first-order chi connectivity index (χ1) is 10.8. The summed E-state index contributed by atoms with van der Waals surface area (Å²) in [6.45, 7) is 0. The molecule has 0 unspecified atom stereocenters. The first-order valence-corrected chi connectivity index (χ1v) is 6.30. The van der Waals surface area contributed by atoms with Crippen molar-refractivity contribution in [3.63, 3.8) is 0 Å². The lowest BCUT2D eigenvalue weighted by Gasteiger charge is -2.06. The molecule has 8 heteroatoms. The highest BCUT2D eigenvalue weighted by molar-refractivity contribution is 5.97. The summed E-state index contributed by atoms with van der Waals surface area (Å²) < 4.78 is 37.2. The Balaban J connectivity index is 2.02. The van der Waals surface area contributed by atoms with E-state index in [1.807, 2.05) is 0 Å². The number of aromatic hydroxyl groups is 2. The van der Waals surface area contributed by atoms with Crippen LogP contribution in [0.4, 0.5) is 13.2 Å². The summed E-state index contributed by atoms with van der Waals surface area (Å²) in [5.41, 5.74) is 1.59. The molecule has 2 rings (SSSR count). The third kappa shape index (κ3) is 4.22. The summed E-state index contributed by atoms with van der Waals surface area (Å²) in [7, 11) is 0. The van der Waals surface area contributed by atoms with Crippen LogP contribution in [0, 0.1) is 0 Å². The number of benzene rings is 2. The number of carbonyl (C=O) groups excluding carboxylic acids is 1. The van der Waals surface area contributed by atoms with Gasteiger partial charge in [-0.2, -0.15) is 18.3 Å². The van der Waals surface area contributed by atoms with E-state index in [9.17, 15) is 23.1 Å². The van der Waals surface area contributed by atoms with Crippen LogP contribution in [0.1, 0.15) is 21.5 Å². The number of carbonyl (C=O) groups is 1. The summed E-state index contributed by atoms with van der Waals surface area (Å²) in [6, 6.07) is 7.62. The number of nitrogens with zero attached hydrogens (tertiary/aromatic N) is 1. The van der Waals surface area contributed by atoms with E-state index in [2.05, 4.69) is 10.5 Å². The van der Waals surface area contributed by atoms with Gasteiger partial charge in [0.05, 0.1) is 17.3 Å². The molecule has 0 spiro atoms. The number of hydrogen-bond acceptors (Lipinski definition) is 4. The van der Waals surface area contributed by atoms with Gasteiger partial charge in [0.2, 0.25) is 0 Å². The van der Waals surface area contributed by atoms with Gasteiger partial charge in [-0.25, -0.2) is 5.43 Å². The Kier molecular flexibility index (Phi) is 4.54. The van der Waals surface area contributed by atoms with Crippen LogP contribution in [0.5, 0.6) is 11.5 Å². The molecule has 0 bridgehead atoms. The average Bonchev–Trinajstić information content (AvgIpc) is 2.46. The van der Waals surface area contributed by atoms with E-state index < -0.39 is 23.4 Å². The first-order valence-electron chi connectivity index (χ1n) is 6.30. The van der Waals surface area contributed by atoms with Gasteiger partial charge in [-0.1, -0.05) is 12.1 Å². The zero-order valence-electron chi connectivity index (χ0n) is 11.5. The maximum atomic E-state index is 12.4. The van der Waals surface area contributed by atoms with Gasteiger partial charge in [0.1, 0.15) is 11.5 Å². The molecule has 0 heterocycles. The maximum Gasteiger partial charge on any atom is 0.416 e. The molecule has 3 N–H and O–H groups in total. The molecular formula is C15H11F3N2O3. The molecule has 0 atom stereocenters. The van der Waals surface area contributed by atoms with E-state index in [1.54, 1.807) is 0 Å².